The first-order valence-electron chi connectivity index (χ1n) is 7.51. The van der Waals surface area contributed by atoms with Gasteiger partial charge in [-0.15, -0.1) is 0 Å². The molecule has 0 unspecified atom stereocenters. The Labute approximate surface area is 121 Å². The number of halogens is 1. The molecule has 0 radical (unpaired) electrons. The molecule has 104 valence electrons. The van der Waals surface area contributed by atoms with E-state index in [9.17, 15) is 0 Å². The number of nitrogens with one attached hydrogen (secondary N) is 1. The van der Waals surface area contributed by atoms with Gasteiger partial charge in [0.2, 0.25) is 0 Å². The minimum atomic E-state index is 0. The summed E-state index contributed by atoms with van der Waals surface area (Å²) in [5.41, 5.74) is 1.33. The van der Waals surface area contributed by atoms with Crippen molar-refractivity contribution in [2.75, 3.05) is 0 Å². The average molecular weight is 278 g/mol. The fourth-order valence-corrected chi connectivity index (χ4v) is 5.00. The second-order valence-corrected chi connectivity index (χ2v) is 6.70. The molecule has 4 bridgehead atoms. The molecule has 0 amide bonds. The van der Waals surface area contributed by atoms with E-state index >= 15 is 0 Å². The Morgan fingerprint density at radius 1 is 1.05 bits per heavy atom. The summed E-state index contributed by atoms with van der Waals surface area (Å²) in [7, 11) is 0. The van der Waals surface area contributed by atoms with Crippen molar-refractivity contribution < 1.29 is 12.4 Å². The van der Waals surface area contributed by atoms with Crippen molar-refractivity contribution in [2.45, 2.75) is 44.7 Å². The lowest BCUT2D eigenvalue weighted by Gasteiger charge is -2.54. The van der Waals surface area contributed by atoms with E-state index in [1.165, 1.54) is 31.2 Å². The molecule has 1 aromatic rings. The molecular formula is C16H22ClN2-. The largest absolute Gasteiger partial charge is 1.00 e. The van der Waals surface area contributed by atoms with Gasteiger partial charge in [-0.3, -0.25) is 4.98 Å². The van der Waals surface area contributed by atoms with E-state index < -0.39 is 0 Å². The maximum atomic E-state index is 4.20. The lowest BCUT2D eigenvalue weighted by molar-refractivity contribution is -0.0142. The van der Waals surface area contributed by atoms with E-state index in [0.29, 0.717) is 0 Å². The van der Waals surface area contributed by atoms with Gasteiger partial charge >= 0.3 is 0 Å². The first-order valence-corrected chi connectivity index (χ1v) is 7.51. The van der Waals surface area contributed by atoms with Crippen LogP contribution in [0.15, 0.2) is 24.5 Å². The van der Waals surface area contributed by atoms with Gasteiger partial charge in [0.1, 0.15) is 0 Å². The maximum absolute atomic E-state index is 4.20. The fraction of sp³-hybridized carbons (Fsp3) is 0.688. The fourth-order valence-electron chi connectivity index (χ4n) is 5.00. The molecule has 4 saturated carbocycles. The zero-order valence-electron chi connectivity index (χ0n) is 11.3. The topological polar surface area (TPSA) is 24.9 Å². The Morgan fingerprint density at radius 2 is 1.74 bits per heavy atom. The molecule has 4 aliphatic rings. The summed E-state index contributed by atoms with van der Waals surface area (Å²) >= 11 is 0. The van der Waals surface area contributed by atoms with Gasteiger partial charge in [-0.2, -0.15) is 0 Å². The van der Waals surface area contributed by atoms with Crippen LogP contribution in [0.25, 0.3) is 0 Å². The van der Waals surface area contributed by atoms with Crippen LogP contribution in [-0.4, -0.2) is 11.0 Å². The number of hydrogen-bond donors (Lipinski definition) is 1. The van der Waals surface area contributed by atoms with Crippen LogP contribution in [0, 0.1) is 23.7 Å². The quantitative estimate of drug-likeness (QED) is 0.841. The van der Waals surface area contributed by atoms with Crippen LogP contribution in [0.1, 0.15) is 37.7 Å². The van der Waals surface area contributed by atoms with Crippen LogP contribution < -0.4 is 17.7 Å². The number of hydrogen-bond acceptors (Lipinski definition) is 2. The van der Waals surface area contributed by atoms with Gasteiger partial charge in [0.15, 0.2) is 0 Å². The SMILES string of the molecule is [Cl-].c1cncc(CNC2C3CC4CC(C3)CC2C4)c1. The lowest BCUT2D eigenvalue weighted by atomic mass is 9.54. The summed E-state index contributed by atoms with van der Waals surface area (Å²) in [5, 5.41) is 3.84. The molecule has 1 N–H and O–H groups in total. The van der Waals surface area contributed by atoms with Crippen LogP contribution in [-0.2, 0) is 6.54 Å². The van der Waals surface area contributed by atoms with Crippen molar-refractivity contribution in [3.8, 4) is 0 Å². The molecule has 5 rings (SSSR count). The van der Waals surface area contributed by atoms with E-state index in [1.807, 2.05) is 18.5 Å². The zero-order valence-corrected chi connectivity index (χ0v) is 12.0. The predicted octanol–water partition coefficient (Wildman–Crippen LogP) is -0.0001000. The van der Waals surface area contributed by atoms with Gasteiger partial charge in [-0.1, -0.05) is 6.07 Å². The van der Waals surface area contributed by atoms with Crippen molar-refractivity contribution in [1.29, 1.82) is 0 Å². The monoisotopic (exact) mass is 277 g/mol. The molecule has 0 aromatic carbocycles. The summed E-state index contributed by atoms with van der Waals surface area (Å²) < 4.78 is 0. The Morgan fingerprint density at radius 3 is 2.32 bits per heavy atom. The van der Waals surface area contributed by atoms with Crippen LogP contribution in [0.5, 0.6) is 0 Å². The summed E-state index contributed by atoms with van der Waals surface area (Å²) in [4.78, 5) is 4.20. The van der Waals surface area contributed by atoms with E-state index in [4.69, 9.17) is 0 Å². The van der Waals surface area contributed by atoms with Gasteiger partial charge in [0.25, 0.3) is 0 Å². The van der Waals surface area contributed by atoms with Crippen molar-refractivity contribution in [1.82, 2.24) is 10.3 Å². The third kappa shape index (κ3) is 2.53. The molecule has 19 heavy (non-hydrogen) atoms. The van der Waals surface area contributed by atoms with Crippen molar-refractivity contribution in [3.05, 3.63) is 30.1 Å². The summed E-state index contributed by atoms with van der Waals surface area (Å²) in [5.74, 6) is 4.09. The van der Waals surface area contributed by atoms with Crippen LogP contribution in [0.2, 0.25) is 0 Å². The molecule has 0 saturated heterocycles. The van der Waals surface area contributed by atoms with E-state index in [-0.39, 0.29) is 12.4 Å². The minimum absolute atomic E-state index is 0. The molecular weight excluding hydrogens is 256 g/mol. The first kappa shape index (κ1) is 13.4. The number of aromatic nitrogens is 1. The number of pyridine rings is 1. The highest BCUT2D eigenvalue weighted by atomic mass is 35.5. The highest BCUT2D eigenvalue weighted by Gasteiger charge is 2.47. The number of nitrogens with zero attached hydrogens (tertiary/aromatic N) is 1. The summed E-state index contributed by atoms with van der Waals surface area (Å²) in [6, 6.07) is 5.00. The Kier molecular flexibility index (Phi) is 3.81. The number of rotatable bonds is 3. The third-order valence-electron chi connectivity index (χ3n) is 5.49. The molecule has 0 aliphatic heterocycles. The maximum Gasteiger partial charge on any atom is 0.0312 e. The molecule has 2 nitrogen and oxygen atoms in total. The van der Waals surface area contributed by atoms with Gasteiger partial charge in [0.05, 0.1) is 0 Å². The Hall–Kier alpha value is -0.600. The highest BCUT2D eigenvalue weighted by Crippen LogP contribution is 2.53. The molecule has 1 heterocycles. The zero-order chi connectivity index (χ0) is 11.9. The minimum Gasteiger partial charge on any atom is -1.00 e. The predicted molar refractivity (Wildman–Crippen MR) is 71.9 cm³/mol. The van der Waals surface area contributed by atoms with E-state index in [2.05, 4.69) is 16.4 Å². The van der Waals surface area contributed by atoms with Gasteiger partial charge in [0, 0.05) is 25.0 Å². The molecule has 0 spiro atoms. The van der Waals surface area contributed by atoms with E-state index in [1.54, 1.807) is 6.42 Å². The standard InChI is InChI=1S/C16H22N2.ClH/c1-2-11(9-17-3-1)10-18-16-14-5-12-4-13(7-14)8-15(16)6-12;/h1-3,9,12-16,18H,4-8,10H2;1H/p-1. The Balaban J connectivity index is 0.00000110. The van der Waals surface area contributed by atoms with Crippen LogP contribution in [0.3, 0.4) is 0 Å². The second kappa shape index (κ2) is 5.41. The van der Waals surface area contributed by atoms with E-state index in [0.717, 1.165) is 36.3 Å². The van der Waals surface area contributed by atoms with Crippen molar-refractivity contribution in [3.63, 3.8) is 0 Å². The molecule has 4 fully saturated rings. The molecule has 3 heteroatoms. The molecule has 4 aliphatic carbocycles. The Bertz CT molecular complexity index is 392. The highest BCUT2D eigenvalue weighted by molar-refractivity contribution is 5.09. The van der Waals surface area contributed by atoms with Gasteiger partial charge < -0.3 is 17.7 Å². The summed E-state index contributed by atoms with van der Waals surface area (Å²) in [6.07, 6.45) is 11.4. The van der Waals surface area contributed by atoms with Gasteiger partial charge in [-0.05, 0) is 67.4 Å². The molecule has 0 atom stereocenters. The van der Waals surface area contributed by atoms with Crippen molar-refractivity contribution in [2.24, 2.45) is 23.7 Å². The van der Waals surface area contributed by atoms with Gasteiger partial charge in [-0.25, -0.2) is 0 Å². The second-order valence-electron chi connectivity index (χ2n) is 6.70. The third-order valence-corrected chi connectivity index (χ3v) is 5.49. The van der Waals surface area contributed by atoms with Crippen molar-refractivity contribution >= 4 is 0 Å². The van der Waals surface area contributed by atoms with Crippen LogP contribution >= 0.6 is 0 Å². The van der Waals surface area contributed by atoms with Crippen LogP contribution in [0.4, 0.5) is 0 Å². The lowest BCUT2D eigenvalue weighted by Crippen LogP contribution is -3.00. The normalized spacial score (nSPS) is 39.1. The first-order chi connectivity index (χ1) is 8.88. The summed E-state index contributed by atoms with van der Waals surface area (Å²) in [6.45, 7) is 1.00. The molecule has 1 aromatic heterocycles. The smallest absolute Gasteiger partial charge is 0.0312 e. The average Bonchev–Trinajstić information content (AvgIpc) is 2.38.